The van der Waals surface area contributed by atoms with Gasteiger partial charge in [0, 0.05) is 49.5 Å². The molecule has 156 valence electrons. The molecule has 1 saturated heterocycles. The largest absolute Gasteiger partial charge is 0.338 e. The third-order valence-electron chi connectivity index (χ3n) is 5.11. The van der Waals surface area contributed by atoms with Crippen LogP contribution in [0.25, 0.3) is 11.3 Å². The number of piperazine rings is 1. The first-order valence-corrected chi connectivity index (χ1v) is 11.2. The monoisotopic (exact) mass is 422 g/mol. The molecule has 3 aromatic rings. The summed E-state index contributed by atoms with van der Waals surface area (Å²) in [6, 6.07) is 10.3. The van der Waals surface area contributed by atoms with Crippen molar-refractivity contribution in [3.05, 3.63) is 53.7 Å². The van der Waals surface area contributed by atoms with E-state index in [4.69, 9.17) is 0 Å². The molecule has 8 heteroatoms. The van der Waals surface area contributed by atoms with Crippen LogP contribution in [0.4, 0.5) is 11.1 Å². The number of aryl methyl sites for hydroxylation is 1. The molecule has 2 aromatic heterocycles. The zero-order valence-electron chi connectivity index (χ0n) is 17.1. The highest BCUT2D eigenvalue weighted by molar-refractivity contribution is 7.14. The summed E-state index contributed by atoms with van der Waals surface area (Å²) in [6.45, 7) is 5.78. The molecule has 0 unspecified atom stereocenters. The fourth-order valence-electron chi connectivity index (χ4n) is 3.52. The first kappa shape index (κ1) is 20.4. The average molecular weight is 423 g/mol. The van der Waals surface area contributed by atoms with Gasteiger partial charge in [-0.3, -0.25) is 9.69 Å². The molecule has 1 aliphatic heterocycles. The van der Waals surface area contributed by atoms with E-state index in [1.807, 2.05) is 11.4 Å². The molecule has 1 aromatic carbocycles. The maximum Gasteiger partial charge on any atom is 0.240 e. The number of hydrogen-bond donors (Lipinski definition) is 1. The van der Waals surface area contributed by atoms with E-state index >= 15 is 0 Å². The number of rotatable bonds is 7. The number of benzene rings is 1. The number of hydrogen-bond acceptors (Lipinski definition) is 7. The molecule has 0 spiro atoms. The molecule has 1 N–H and O–H groups in total. The number of aromatic nitrogens is 3. The van der Waals surface area contributed by atoms with Crippen LogP contribution in [0.3, 0.4) is 0 Å². The first-order chi connectivity index (χ1) is 14.7. The maximum atomic E-state index is 12.5. The Labute approximate surface area is 180 Å². The Balaban J connectivity index is 1.27. The van der Waals surface area contributed by atoms with Crippen molar-refractivity contribution in [3.63, 3.8) is 0 Å². The van der Waals surface area contributed by atoms with Crippen LogP contribution in [0.2, 0.25) is 0 Å². The normalized spacial score (nSPS) is 14.6. The lowest BCUT2D eigenvalue weighted by molar-refractivity contribution is -0.117. The second-order valence-corrected chi connectivity index (χ2v) is 8.20. The summed E-state index contributed by atoms with van der Waals surface area (Å²) < 4.78 is 0. The minimum atomic E-state index is -0.0291. The molecule has 7 nitrogen and oxygen atoms in total. The van der Waals surface area contributed by atoms with Gasteiger partial charge in [-0.1, -0.05) is 37.6 Å². The number of anilines is 2. The Bertz CT molecular complexity index is 951. The van der Waals surface area contributed by atoms with Gasteiger partial charge in [-0.05, 0) is 18.1 Å². The van der Waals surface area contributed by atoms with E-state index < -0.39 is 0 Å². The van der Waals surface area contributed by atoms with Crippen LogP contribution in [0, 0.1) is 0 Å². The lowest BCUT2D eigenvalue weighted by Gasteiger charge is -2.34. The fraction of sp³-hybridized carbons (Fsp3) is 0.364. The second kappa shape index (κ2) is 9.77. The fourth-order valence-corrected chi connectivity index (χ4v) is 4.25. The van der Waals surface area contributed by atoms with Crippen molar-refractivity contribution in [2.45, 2.75) is 19.8 Å². The van der Waals surface area contributed by atoms with Gasteiger partial charge in [0.1, 0.15) is 0 Å². The van der Waals surface area contributed by atoms with Crippen LogP contribution in [0.5, 0.6) is 0 Å². The van der Waals surface area contributed by atoms with E-state index in [1.165, 1.54) is 16.9 Å². The zero-order valence-corrected chi connectivity index (χ0v) is 17.9. The van der Waals surface area contributed by atoms with E-state index in [9.17, 15) is 4.79 Å². The molecule has 1 amide bonds. The summed E-state index contributed by atoms with van der Waals surface area (Å²) >= 11 is 1.46. The average Bonchev–Trinajstić information content (AvgIpc) is 3.24. The summed E-state index contributed by atoms with van der Waals surface area (Å²) in [4.78, 5) is 29.9. The minimum absolute atomic E-state index is 0.0291. The van der Waals surface area contributed by atoms with Gasteiger partial charge >= 0.3 is 0 Å². The molecule has 1 fully saturated rings. The number of thiazole rings is 1. The van der Waals surface area contributed by atoms with Gasteiger partial charge in [0.05, 0.1) is 12.2 Å². The van der Waals surface area contributed by atoms with Gasteiger partial charge in [-0.2, -0.15) is 0 Å². The van der Waals surface area contributed by atoms with Crippen molar-refractivity contribution < 1.29 is 4.79 Å². The highest BCUT2D eigenvalue weighted by atomic mass is 32.1. The van der Waals surface area contributed by atoms with Crippen molar-refractivity contribution in [1.29, 1.82) is 0 Å². The Hall–Kier alpha value is -2.84. The standard InChI is InChI=1S/C22H26N6OS/c1-2-4-17-5-7-18(8-6-17)19-16-30-22(25-19)26-20(29)15-27-11-13-28(14-12-27)21-23-9-3-10-24-21/h3,5-10,16H,2,4,11-15H2,1H3,(H,25,26,29). The third-order valence-corrected chi connectivity index (χ3v) is 5.87. The predicted octanol–water partition coefficient (Wildman–Crippen LogP) is 3.31. The number of nitrogens with zero attached hydrogens (tertiary/aromatic N) is 5. The van der Waals surface area contributed by atoms with Gasteiger partial charge in [-0.15, -0.1) is 11.3 Å². The quantitative estimate of drug-likeness (QED) is 0.630. The van der Waals surface area contributed by atoms with Crippen molar-refractivity contribution in [2.75, 3.05) is 42.9 Å². The number of amides is 1. The van der Waals surface area contributed by atoms with Crippen LogP contribution in [0.15, 0.2) is 48.1 Å². The maximum absolute atomic E-state index is 12.5. The Morgan fingerprint density at radius 1 is 1.10 bits per heavy atom. The number of nitrogens with one attached hydrogen (secondary N) is 1. The van der Waals surface area contributed by atoms with E-state index in [-0.39, 0.29) is 5.91 Å². The van der Waals surface area contributed by atoms with E-state index in [2.05, 4.69) is 61.3 Å². The lowest BCUT2D eigenvalue weighted by Crippen LogP contribution is -2.49. The molecule has 0 bridgehead atoms. The Morgan fingerprint density at radius 3 is 2.53 bits per heavy atom. The minimum Gasteiger partial charge on any atom is -0.338 e. The summed E-state index contributed by atoms with van der Waals surface area (Å²) in [7, 11) is 0. The molecule has 30 heavy (non-hydrogen) atoms. The Kier molecular flexibility index (Phi) is 6.66. The van der Waals surface area contributed by atoms with Crippen molar-refractivity contribution in [2.24, 2.45) is 0 Å². The molecule has 0 aliphatic carbocycles. The molecule has 0 atom stereocenters. The van der Waals surface area contributed by atoms with Crippen LogP contribution in [-0.4, -0.2) is 58.5 Å². The molecule has 4 rings (SSSR count). The molecule has 0 radical (unpaired) electrons. The molecule has 3 heterocycles. The smallest absolute Gasteiger partial charge is 0.240 e. The topological polar surface area (TPSA) is 74.2 Å². The number of carbonyl (C=O) groups is 1. The van der Waals surface area contributed by atoms with Crippen LogP contribution in [-0.2, 0) is 11.2 Å². The molecular weight excluding hydrogens is 396 g/mol. The molecule has 1 aliphatic rings. The summed E-state index contributed by atoms with van der Waals surface area (Å²) in [6.07, 6.45) is 5.74. The van der Waals surface area contributed by atoms with Gasteiger partial charge in [0.25, 0.3) is 0 Å². The molecule has 0 saturated carbocycles. The lowest BCUT2D eigenvalue weighted by atomic mass is 10.1. The van der Waals surface area contributed by atoms with Crippen LogP contribution >= 0.6 is 11.3 Å². The van der Waals surface area contributed by atoms with E-state index in [1.54, 1.807) is 12.4 Å². The zero-order chi connectivity index (χ0) is 20.8. The number of carbonyl (C=O) groups excluding carboxylic acids is 1. The summed E-state index contributed by atoms with van der Waals surface area (Å²) in [5.41, 5.74) is 3.31. The van der Waals surface area contributed by atoms with Gasteiger partial charge in [0.2, 0.25) is 11.9 Å². The van der Waals surface area contributed by atoms with Crippen molar-refractivity contribution in [3.8, 4) is 11.3 Å². The first-order valence-electron chi connectivity index (χ1n) is 10.3. The van der Waals surface area contributed by atoms with Gasteiger partial charge < -0.3 is 10.2 Å². The van der Waals surface area contributed by atoms with E-state index in [0.717, 1.165) is 56.2 Å². The predicted molar refractivity (Wildman–Crippen MR) is 121 cm³/mol. The second-order valence-electron chi connectivity index (χ2n) is 7.34. The van der Waals surface area contributed by atoms with Crippen molar-refractivity contribution in [1.82, 2.24) is 19.9 Å². The highest BCUT2D eigenvalue weighted by Crippen LogP contribution is 2.25. The highest BCUT2D eigenvalue weighted by Gasteiger charge is 2.20. The summed E-state index contributed by atoms with van der Waals surface area (Å²) in [5, 5.41) is 5.57. The SMILES string of the molecule is CCCc1ccc(-c2csc(NC(=O)CN3CCN(c4ncccn4)CC3)n2)cc1. The van der Waals surface area contributed by atoms with Crippen LogP contribution in [0.1, 0.15) is 18.9 Å². The van der Waals surface area contributed by atoms with Crippen molar-refractivity contribution >= 4 is 28.3 Å². The van der Waals surface area contributed by atoms with E-state index in [0.29, 0.717) is 11.7 Å². The van der Waals surface area contributed by atoms with Gasteiger partial charge in [-0.25, -0.2) is 15.0 Å². The summed E-state index contributed by atoms with van der Waals surface area (Å²) in [5.74, 6) is 0.721. The van der Waals surface area contributed by atoms with Gasteiger partial charge in [0.15, 0.2) is 5.13 Å². The van der Waals surface area contributed by atoms with Crippen LogP contribution < -0.4 is 10.2 Å². The third kappa shape index (κ3) is 5.20. The molecular formula is C22H26N6OS. The Morgan fingerprint density at radius 2 is 1.83 bits per heavy atom.